The zero-order valence-corrected chi connectivity index (χ0v) is 10.3. The van der Waals surface area contributed by atoms with Crippen molar-refractivity contribution >= 4 is 0 Å². The Kier molecular flexibility index (Phi) is 5.29. The summed E-state index contributed by atoms with van der Waals surface area (Å²) in [4.78, 5) is 0. The highest BCUT2D eigenvalue weighted by Gasteiger charge is 2.06. The SMILES string of the molecule is CCOCc1ccc(OC)c(CC(C)N)c1. The molecule has 0 saturated heterocycles. The highest BCUT2D eigenvalue weighted by Crippen LogP contribution is 2.21. The van der Waals surface area contributed by atoms with Gasteiger partial charge in [-0.1, -0.05) is 6.07 Å². The fourth-order valence-electron chi connectivity index (χ4n) is 1.65. The normalized spacial score (nSPS) is 12.5. The summed E-state index contributed by atoms with van der Waals surface area (Å²) in [6, 6.07) is 6.25. The number of nitrogens with two attached hydrogens (primary N) is 1. The minimum Gasteiger partial charge on any atom is -0.496 e. The third-order valence-electron chi connectivity index (χ3n) is 2.36. The largest absolute Gasteiger partial charge is 0.496 e. The van der Waals surface area contributed by atoms with E-state index in [2.05, 4.69) is 6.07 Å². The Morgan fingerprint density at radius 1 is 1.38 bits per heavy atom. The van der Waals surface area contributed by atoms with Crippen molar-refractivity contribution in [2.45, 2.75) is 32.9 Å². The van der Waals surface area contributed by atoms with E-state index in [0.29, 0.717) is 6.61 Å². The first-order valence-electron chi connectivity index (χ1n) is 5.66. The van der Waals surface area contributed by atoms with Crippen LogP contribution in [0, 0.1) is 0 Å². The summed E-state index contributed by atoms with van der Waals surface area (Å²) >= 11 is 0. The summed E-state index contributed by atoms with van der Waals surface area (Å²) in [5.41, 5.74) is 8.12. The van der Waals surface area contributed by atoms with E-state index < -0.39 is 0 Å². The minimum atomic E-state index is 0.135. The van der Waals surface area contributed by atoms with Gasteiger partial charge in [-0.2, -0.15) is 0 Å². The molecule has 0 aliphatic rings. The molecule has 1 aromatic carbocycles. The van der Waals surface area contributed by atoms with E-state index in [-0.39, 0.29) is 6.04 Å². The molecular weight excluding hydrogens is 202 g/mol. The maximum atomic E-state index is 5.81. The Morgan fingerprint density at radius 2 is 2.12 bits per heavy atom. The predicted molar refractivity (Wildman–Crippen MR) is 65.7 cm³/mol. The quantitative estimate of drug-likeness (QED) is 0.803. The van der Waals surface area contributed by atoms with Gasteiger partial charge in [0.15, 0.2) is 0 Å². The fraction of sp³-hybridized carbons (Fsp3) is 0.538. The molecule has 0 spiro atoms. The van der Waals surface area contributed by atoms with Crippen LogP contribution in [0.5, 0.6) is 5.75 Å². The molecule has 1 atom stereocenters. The fourth-order valence-corrected chi connectivity index (χ4v) is 1.65. The maximum Gasteiger partial charge on any atom is 0.122 e. The van der Waals surface area contributed by atoms with Crippen LogP contribution in [0.4, 0.5) is 0 Å². The molecule has 2 N–H and O–H groups in total. The van der Waals surface area contributed by atoms with Crippen LogP contribution >= 0.6 is 0 Å². The molecule has 0 aliphatic carbocycles. The van der Waals surface area contributed by atoms with Gasteiger partial charge in [0.2, 0.25) is 0 Å². The zero-order chi connectivity index (χ0) is 12.0. The van der Waals surface area contributed by atoms with Crippen LogP contribution < -0.4 is 10.5 Å². The second kappa shape index (κ2) is 6.51. The Bertz CT molecular complexity index is 324. The molecule has 1 rings (SSSR count). The molecule has 0 bridgehead atoms. The van der Waals surface area contributed by atoms with Crippen molar-refractivity contribution in [1.82, 2.24) is 0 Å². The van der Waals surface area contributed by atoms with E-state index in [1.165, 1.54) is 5.56 Å². The van der Waals surface area contributed by atoms with Gasteiger partial charge in [-0.3, -0.25) is 0 Å². The average molecular weight is 223 g/mol. The van der Waals surface area contributed by atoms with E-state index in [9.17, 15) is 0 Å². The standard InChI is InChI=1S/C13H21NO2/c1-4-16-9-11-5-6-13(15-3)12(8-11)7-10(2)14/h5-6,8,10H,4,7,9,14H2,1-3H3. The number of methoxy groups -OCH3 is 1. The van der Waals surface area contributed by atoms with Crippen molar-refractivity contribution in [3.05, 3.63) is 29.3 Å². The smallest absolute Gasteiger partial charge is 0.122 e. The molecule has 1 unspecified atom stereocenters. The molecule has 16 heavy (non-hydrogen) atoms. The van der Waals surface area contributed by atoms with E-state index in [1.54, 1.807) is 7.11 Å². The number of hydrogen-bond acceptors (Lipinski definition) is 3. The third-order valence-corrected chi connectivity index (χ3v) is 2.36. The molecule has 3 heteroatoms. The molecule has 3 nitrogen and oxygen atoms in total. The molecule has 0 saturated carbocycles. The van der Waals surface area contributed by atoms with Gasteiger partial charge in [0.25, 0.3) is 0 Å². The predicted octanol–water partition coefficient (Wildman–Crippen LogP) is 2.12. The lowest BCUT2D eigenvalue weighted by atomic mass is 10.0. The number of hydrogen-bond donors (Lipinski definition) is 1. The van der Waals surface area contributed by atoms with Gasteiger partial charge in [0.1, 0.15) is 5.75 Å². The van der Waals surface area contributed by atoms with E-state index >= 15 is 0 Å². The first kappa shape index (κ1) is 13.0. The molecule has 0 amide bonds. The number of ether oxygens (including phenoxy) is 2. The Balaban J connectivity index is 2.83. The lowest BCUT2D eigenvalue weighted by Crippen LogP contribution is -2.18. The van der Waals surface area contributed by atoms with Gasteiger partial charge >= 0.3 is 0 Å². The van der Waals surface area contributed by atoms with Crippen LogP contribution in [0.2, 0.25) is 0 Å². The second-order valence-electron chi connectivity index (χ2n) is 3.96. The van der Waals surface area contributed by atoms with E-state index in [1.807, 2.05) is 26.0 Å². The highest BCUT2D eigenvalue weighted by atomic mass is 16.5. The van der Waals surface area contributed by atoms with Crippen molar-refractivity contribution in [1.29, 1.82) is 0 Å². The van der Waals surface area contributed by atoms with Crippen molar-refractivity contribution in [3.63, 3.8) is 0 Å². The third kappa shape index (κ3) is 3.83. The number of benzene rings is 1. The first-order valence-corrected chi connectivity index (χ1v) is 5.66. The molecule has 90 valence electrons. The average Bonchev–Trinajstić information content (AvgIpc) is 2.26. The topological polar surface area (TPSA) is 44.5 Å². The van der Waals surface area contributed by atoms with Crippen molar-refractivity contribution in [2.24, 2.45) is 5.73 Å². The molecular formula is C13H21NO2. The van der Waals surface area contributed by atoms with Crippen LogP contribution in [0.15, 0.2) is 18.2 Å². The van der Waals surface area contributed by atoms with Crippen LogP contribution in [-0.2, 0) is 17.8 Å². The van der Waals surface area contributed by atoms with Crippen molar-refractivity contribution in [2.75, 3.05) is 13.7 Å². The first-order chi connectivity index (χ1) is 7.67. The van der Waals surface area contributed by atoms with Crippen LogP contribution in [0.3, 0.4) is 0 Å². The van der Waals surface area contributed by atoms with E-state index in [0.717, 1.165) is 24.3 Å². The maximum absolute atomic E-state index is 5.81. The van der Waals surface area contributed by atoms with Crippen molar-refractivity contribution in [3.8, 4) is 5.75 Å². The van der Waals surface area contributed by atoms with E-state index in [4.69, 9.17) is 15.2 Å². The molecule has 0 fully saturated rings. The summed E-state index contributed by atoms with van der Waals surface area (Å²) in [6.07, 6.45) is 0.823. The van der Waals surface area contributed by atoms with Gasteiger partial charge in [-0.25, -0.2) is 0 Å². The van der Waals surface area contributed by atoms with Crippen LogP contribution in [0.1, 0.15) is 25.0 Å². The van der Waals surface area contributed by atoms with Gasteiger partial charge < -0.3 is 15.2 Å². The molecule has 0 radical (unpaired) electrons. The molecule has 0 heterocycles. The monoisotopic (exact) mass is 223 g/mol. The van der Waals surface area contributed by atoms with Gasteiger partial charge in [0, 0.05) is 12.6 Å². The van der Waals surface area contributed by atoms with Crippen molar-refractivity contribution < 1.29 is 9.47 Å². The second-order valence-corrected chi connectivity index (χ2v) is 3.96. The summed E-state index contributed by atoms with van der Waals surface area (Å²) in [5.74, 6) is 0.901. The van der Waals surface area contributed by atoms with Gasteiger partial charge in [-0.15, -0.1) is 0 Å². The number of rotatable bonds is 6. The van der Waals surface area contributed by atoms with Gasteiger partial charge in [-0.05, 0) is 43.5 Å². The van der Waals surface area contributed by atoms with Crippen LogP contribution in [-0.4, -0.2) is 19.8 Å². The lowest BCUT2D eigenvalue weighted by Gasteiger charge is -2.12. The highest BCUT2D eigenvalue weighted by molar-refractivity contribution is 5.37. The Hall–Kier alpha value is -1.06. The van der Waals surface area contributed by atoms with Gasteiger partial charge in [0.05, 0.1) is 13.7 Å². The molecule has 0 aliphatic heterocycles. The minimum absolute atomic E-state index is 0.135. The Morgan fingerprint density at radius 3 is 2.69 bits per heavy atom. The summed E-state index contributed by atoms with van der Waals surface area (Å²) in [7, 11) is 1.68. The van der Waals surface area contributed by atoms with Crippen LogP contribution in [0.25, 0.3) is 0 Å². The summed E-state index contributed by atoms with van der Waals surface area (Å²) < 4.78 is 10.7. The summed E-state index contributed by atoms with van der Waals surface area (Å²) in [5, 5.41) is 0. The zero-order valence-electron chi connectivity index (χ0n) is 10.3. The molecule has 1 aromatic rings. The molecule has 0 aromatic heterocycles. The Labute approximate surface area is 97.6 Å². The summed E-state index contributed by atoms with van der Waals surface area (Å²) in [6.45, 7) is 5.36. The lowest BCUT2D eigenvalue weighted by molar-refractivity contribution is 0.134.